The van der Waals surface area contributed by atoms with E-state index in [9.17, 15) is 4.79 Å². The first-order valence-corrected chi connectivity index (χ1v) is 11.0. The first-order valence-electron chi connectivity index (χ1n) is 11.0. The summed E-state index contributed by atoms with van der Waals surface area (Å²) < 4.78 is 17.7. The molecule has 0 aromatic heterocycles. The van der Waals surface area contributed by atoms with E-state index in [1.807, 2.05) is 6.07 Å². The average Bonchev–Trinajstić information content (AvgIpc) is 3.17. The van der Waals surface area contributed by atoms with Crippen LogP contribution in [0.5, 0.6) is 17.2 Å². The molecule has 0 amide bonds. The van der Waals surface area contributed by atoms with Crippen molar-refractivity contribution < 1.29 is 29.2 Å². The van der Waals surface area contributed by atoms with Gasteiger partial charge in [0.05, 0.1) is 19.6 Å². The molecule has 7 nitrogen and oxygen atoms in total. The molecular weight excluding hydrogens is 422 g/mol. The van der Waals surface area contributed by atoms with Crippen LogP contribution in [0.15, 0.2) is 59.9 Å². The number of ether oxygens (including phenoxy) is 3. The molecule has 0 radical (unpaired) electrons. The van der Waals surface area contributed by atoms with E-state index in [0.717, 1.165) is 36.6 Å². The molecule has 4 aliphatic rings. The standard InChI is InChI=1S/C19H21NO3.C7H6O3/c1-20-9-8-19-12-5-7-15(22-3)18(19)23-17-14(21-2)6-4-11(16(17)19)10-13(12)20;8-6-4-2-1-3-5(6)7(9)10/h4-7,13,18H,8-10H2,1-3H3;1-4,8H,(H,9,10)/t13-,18+,19+;/m1./s1. The minimum atomic E-state index is -1.11. The Morgan fingerprint density at radius 3 is 2.61 bits per heavy atom. The van der Waals surface area contributed by atoms with Gasteiger partial charge in [-0.25, -0.2) is 4.79 Å². The van der Waals surface area contributed by atoms with Gasteiger partial charge >= 0.3 is 5.97 Å². The van der Waals surface area contributed by atoms with Crippen molar-refractivity contribution in [1.82, 2.24) is 4.90 Å². The molecule has 2 N–H and O–H groups in total. The van der Waals surface area contributed by atoms with Crippen molar-refractivity contribution in [3.05, 3.63) is 76.6 Å². The number of nitrogens with zero attached hydrogens (tertiary/aromatic N) is 1. The normalized spacial score (nSPS) is 26.0. The number of carboxylic acids is 1. The van der Waals surface area contributed by atoms with Crippen LogP contribution in [0.2, 0.25) is 0 Å². The lowest BCUT2D eigenvalue weighted by Gasteiger charge is -2.52. The lowest BCUT2D eigenvalue weighted by molar-refractivity contribution is 0.0693. The van der Waals surface area contributed by atoms with Crippen LogP contribution in [-0.4, -0.2) is 61.0 Å². The summed E-state index contributed by atoms with van der Waals surface area (Å²) in [4.78, 5) is 12.7. The predicted octanol–water partition coefficient (Wildman–Crippen LogP) is 3.51. The number of piperidine rings is 1. The quantitative estimate of drug-likeness (QED) is 0.741. The number of phenols is 1. The van der Waals surface area contributed by atoms with Crippen molar-refractivity contribution >= 4 is 5.97 Å². The molecule has 172 valence electrons. The molecule has 2 aliphatic carbocycles. The highest BCUT2D eigenvalue weighted by molar-refractivity contribution is 5.90. The molecular formula is C26H27NO6. The molecule has 0 saturated carbocycles. The first-order chi connectivity index (χ1) is 15.9. The van der Waals surface area contributed by atoms with Gasteiger partial charge in [0.15, 0.2) is 17.6 Å². The van der Waals surface area contributed by atoms with Gasteiger partial charge in [0.2, 0.25) is 0 Å². The summed E-state index contributed by atoms with van der Waals surface area (Å²) in [5.41, 5.74) is 4.09. The van der Waals surface area contributed by atoms with E-state index >= 15 is 0 Å². The van der Waals surface area contributed by atoms with E-state index in [1.165, 1.54) is 28.8 Å². The summed E-state index contributed by atoms with van der Waals surface area (Å²) in [6.45, 7) is 1.08. The number of carbonyl (C=O) groups is 1. The number of allylic oxidation sites excluding steroid dienone is 2. The van der Waals surface area contributed by atoms with Crippen LogP contribution in [0.3, 0.4) is 0 Å². The van der Waals surface area contributed by atoms with Gasteiger partial charge in [-0.3, -0.25) is 4.90 Å². The summed E-state index contributed by atoms with van der Waals surface area (Å²) >= 11 is 0. The fourth-order valence-electron chi connectivity index (χ4n) is 5.75. The van der Waals surface area contributed by atoms with Crippen LogP contribution < -0.4 is 9.47 Å². The van der Waals surface area contributed by atoms with Crippen molar-refractivity contribution in [2.75, 3.05) is 27.8 Å². The zero-order valence-corrected chi connectivity index (χ0v) is 18.9. The number of aromatic carboxylic acids is 1. The number of para-hydroxylation sites is 1. The van der Waals surface area contributed by atoms with Gasteiger partial charge in [-0.2, -0.15) is 0 Å². The maximum Gasteiger partial charge on any atom is 0.339 e. The van der Waals surface area contributed by atoms with Crippen LogP contribution in [0, 0.1) is 0 Å². The summed E-state index contributed by atoms with van der Waals surface area (Å²) in [6.07, 6.45) is 6.41. The number of hydrogen-bond acceptors (Lipinski definition) is 6. The van der Waals surface area contributed by atoms with E-state index in [0.29, 0.717) is 6.04 Å². The SMILES string of the molecule is COC1=CC=C2[C@H]3Cc4ccc(OC)c5c4[C@@]2(CCN3C)[C@H]1O5.O=C(O)c1ccccc1O. The maximum absolute atomic E-state index is 10.3. The molecule has 2 aromatic rings. The van der Waals surface area contributed by atoms with Crippen molar-refractivity contribution in [3.63, 3.8) is 0 Å². The molecule has 2 aliphatic heterocycles. The Hall–Kier alpha value is -3.45. The van der Waals surface area contributed by atoms with Gasteiger partial charge in [0.1, 0.15) is 17.1 Å². The van der Waals surface area contributed by atoms with E-state index in [-0.39, 0.29) is 22.8 Å². The minimum absolute atomic E-state index is 0.0611. The second kappa shape index (κ2) is 7.85. The average molecular weight is 450 g/mol. The topological polar surface area (TPSA) is 88.5 Å². The third-order valence-electron chi connectivity index (χ3n) is 7.29. The maximum atomic E-state index is 10.3. The predicted molar refractivity (Wildman–Crippen MR) is 122 cm³/mol. The Bertz CT molecular complexity index is 1190. The van der Waals surface area contributed by atoms with E-state index in [2.05, 4.69) is 30.2 Å². The third-order valence-corrected chi connectivity index (χ3v) is 7.29. The number of methoxy groups -OCH3 is 2. The lowest BCUT2D eigenvalue weighted by atomic mass is 9.57. The molecule has 1 spiro atoms. The minimum Gasteiger partial charge on any atom is -0.507 e. The fraction of sp³-hybridized carbons (Fsp3) is 0.346. The Balaban J connectivity index is 0.000000193. The molecule has 6 rings (SSSR count). The Kier molecular flexibility index (Phi) is 5.09. The summed E-state index contributed by atoms with van der Waals surface area (Å²) in [5.74, 6) is 1.37. The highest BCUT2D eigenvalue weighted by atomic mass is 16.6. The molecule has 7 heteroatoms. The second-order valence-electron chi connectivity index (χ2n) is 8.77. The van der Waals surface area contributed by atoms with Crippen LogP contribution in [-0.2, 0) is 16.6 Å². The van der Waals surface area contributed by atoms with E-state index < -0.39 is 5.97 Å². The Morgan fingerprint density at radius 1 is 1.15 bits per heavy atom. The monoisotopic (exact) mass is 449 g/mol. The van der Waals surface area contributed by atoms with Gasteiger partial charge in [-0.1, -0.05) is 24.3 Å². The largest absolute Gasteiger partial charge is 0.507 e. The van der Waals surface area contributed by atoms with E-state index in [1.54, 1.807) is 26.4 Å². The van der Waals surface area contributed by atoms with Gasteiger partial charge in [0.25, 0.3) is 0 Å². The summed E-state index contributed by atoms with van der Waals surface area (Å²) in [7, 11) is 5.68. The van der Waals surface area contributed by atoms with Crippen LogP contribution in [0.4, 0.5) is 0 Å². The Morgan fingerprint density at radius 2 is 1.94 bits per heavy atom. The van der Waals surface area contributed by atoms with Gasteiger partial charge < -0.3 is 24.4 Å². The highest BCUT2D eigenvalue weighted by Gasteiger charge is 2.61. The van der Waals surface area contributed by atoms with Crippen molar-refractivity contribution in [1.29, 1.82) is 0 Å². The van der Waals surface area contributed by atoms with Crippen molar-refractivity contribution in [3.8, 4) is 17.2 Å². The molecule has 2 heterocycles. The molecule has 2 bridgehead atoms. The number of carboxylic acid groups (broad SMARTS) is 1. The number of rotatable bonds is 3. The van der Waals surface area contributed by atoms with Crippen molar-refractivity contribution in [2.45, 2.75) is 30.4 Å². The number of hydrogen-bond donors (Lipinski definition) is 2. The van der Waals surface area contributed by atoms with Crippen LogP contribution >= 0.6 is 0 Å². The molecule has 1 fully saturated rings. The molecule has 1 saturated heterocycles. The first kappa shape index (κ1) is 21.4. The molecule has 2 aromatic carbocycles. The number of benzene rings is 2. The molecule has 3 atom stereocenters. The van der Waals surface area contributed by atoms with Gasteiger partial charge in [-0.15, -0.1) is 0 Å². The number of likely N-dealkylation sites (tertiary alicyclic amines) is 1. The van der Waals surface area contributed by atoms with Crippen LogP contribution in [0.1, 0.15) is 27.9 Å². The van der Waals surface area contributed by atoms with Crippen molar-refractivity contribution in [2.24, 2.45) is 0 Å². The molecule has 0 unspecified atom stereocenters. The number of aromatic hydroxyl groups is 1. The number of likely N-dealkylation sites (N-methyl/N-ethyl adjacent to an activating group) is 1. The summed E-state index contributed by atoms with van der Waals surface area (Å²) in [5, 5.41) is 17.3. The van der Waals surface area contributed by atoms with Gasteiger partial charge in [0, 0.05) is 11.6 Å². The zero-order valence-electron chi connectivity index (χ0n) is 18.9. The summed E-state index contributed by atoms with van der Waals surface area (Å²) in [6, 6.07) is 10.5. The fourth-order valence-corrected chi connectivity index (χ4v) is 5.75. The second-order valence-corrected chi connectivity index (χ2v) is 8.77. The van der Waals surface area contributed by atoms with Crippen LogP contribution in [0.25, 0.3) is 0 Å². The van der Waals surface area contributed by atoms with Gasteiger partial charge in [-0.05, 0) is 61.8 Å². The smallest absolute Gasteiger partial charge is 0.339 e. The lowest BCUT2D eigenvalue weighted by Crippen LogP contribution is -2.58. The third kappa shape index (κ3) is 3.03. The molecule has 33 heavy (non-hydrogen) atoms. The Labute approximate surface area is 192 Å². The highest BCUT2D eigenvalue weighted by Crippen LogP contribution is 2.62. The van der Waals surface area contributed by atoms with E-state index in [4.69, 9.17) is 24.4 Å². The zero-order chi connectivity index (χ0) is 23.3.